The van der Waals surface area contributed by atoms with Gasteiger partial charge in [0.2, 0.25) is 0 Å². The molecule has 0 heterocycles. The Labute approximate surface area is 62.4 Å². The molecule has 1 N–H and O–H groups in total. The Morgan fingerprint density at radius 3 is 2.70 bits per heavy atom. The van der Waals surface area contributed by atoms with Crippen LogP contribution < -0.4 is 5.32 Å². The molecule has 0 saturated carbocycles. The maximum Gasteiger partial charge on any atom is 0.0443 e. The van der Waals surface area contributed by atoms with Crippen molar-refractivity contribution in [2.24, 2.45) is 4.99 Å². The van der Waals surface area contributed by atoms with Crippen LogP contribution in [-0.2, 0) is 0 Å². The number of allylic oxidation sites excluding steroid dienone is 1. The van der Waals surface area contributed by atoms with Gasteiger partial charge in [0, 0.05) is 18.5 Å². The summed E-state index contributed by atoms with van der Waals surface area (Å²) in [6.07, 6.45) is 6.99. The van der Waals surface area contributed by atoms with Crippen LogP contribution in [0.5, 0.6) is 0 Å². The van der Waals surface area contributed by atoms with Crippen LogP contribution in [0.15, 0.2) is 30.0 Å². The molecule has 0 atom stereocenters. The first-order valence-electron chi connectivity index (χ1n) is 3.32. The lowest BCUT2D eigenvalue weighted by molar-refractivity contribution is 0.841. The molecule has 56 valence electrons. The van der Waals surface area contributed by atoms with Gasteiger partial charge in [-0.05, 0) is 26.1 Å². The highest BCUT2D eigenvalue weighted by Crippen LogP contribution is 1.81. The molecule has 2 nitrogen and oxygen atoms in total. The minimum atomic E-state index is 0.369. The smallest absolute Gasteiger partial charge is 0.0443 e. The highest BCUT2D eigenvalue weighted by molar-refractivity contribution is 5.70. The predicted molar refractivity (Wildman–Crippen MR) is 46.1 cm³/mol. The van der Waals surface area contributed by atoms with Gasteiger partial charge in [0.15, 0.2) is 0 Å². The maximum atomic E-state index is 4.11. The average molecular weight is 138 g/mol. The van der Waals surface area contributed by atoms with Crippen LogP contribution in [-0.4, -0.2) is 12.3 Å². The Balaban J connectivity index is 3.41. The zero-order valence-electron chi connectivity index (χ0n) is 6.54. The van der Waals surface area contributed by atoms with Crippen LogP contribution in [0.1, 0.15) is 13.8 Å². The molecule has 0 rings (SSSR count). The van der Waals surface area contributed by atoms with Gasteiger partial charge >= 0.3 is 0 Å². The van der Waals surface area contributed by atoms with Crippen LogP contribution in [0, 0.1) is 0 Å². The first kappa shape index (κ1) is 8.95. The molecule has 2 heteroatoms. The number of hydrogen-bond acceptors (Lipinski definition) is 2. The fourth-order valence-corrected chi connectivity index (χ4v) is 0.388. The van der Waals surface area contributed by atoms with Crippen LogP contribution >= 0.6 is 0 Å². The standard InChI is InChI=1S/C8H14N2/c1-4-9-6-5-7-10-8(2)3/h4-9H,1H2,2-3H3. The van der Waals surface area contributed by atoms with E-state index in [2.05, 4.69) is 16.9 Å². The quantitative estimate of drug-likeness (QED) is 0.588. The van der Waals surface area contributed by atoms with Crippen molar-refractivity contribution in [1.29, 1.82) is 0 Å². The lowest BCUT2D eigenvalue weighted by Gasteiger charge is -1.90. The van der Waals surface area contributed by atoms with Crippen molar-refractivity contribution in [3.8, 4) is 0 Å². The molecule has 0 radical (unpaired) electrons. The van der Waals surface area contributed by atoms with Gasteiger partial charge in [-0.25, -0.2) is 0 Å². The molecular weight excluding hydrogens is 124 g/mol. The highest BCUT2D eigenvalue weighted by Gasteiger charge is 1.78. The Morgan fingerprint density at radius 2 is 2.20 bits per heavy atom. The number of hydrogen-bond donors (Lipinski definition) is 1. The third kappa shape index (κ3) is 6.95. The lowest BCUT2D eigenvalue weighted by Crippen LogP contribution is -1.90. The number of rotatable bonds is 4. The van der Waals surface area contributed by atoms with E-state index in [4.69, 9.17) is 0 Å². The molecule has 0 saturated heterocycles. The zero-order valence-corrected chi connectivity index (χ0v) is 6.54. The summed E-state index contributed by atoms with van der Waals surface area (Å²) in [6, 6.07) is 0.369. The first-order chi connectivity index (χ1) is 4.77. The second kappa shape index (κ2) is 6.08. The molecule has 0 aliphatic carbocycles. The fraction of sp³-hybridized carbons (Fsp3) is 0.375. The van der Waals surface area contributed by atoms with Gasteiger partial charge in [-0.1, -0.05) is 6.58 Å². The van der Waals surface area contributed by atoms with E-state index in [1.807, 2.05) is 19.9 Å². The summed E-state index contributed by atoms with van der Waals surface area (Å²) in [5.41, 5.74) is 0. The summed E-state index contributed by atoms with van der Waals surface area (Å²) >= 11 is 0. The van der Waals surface area contributed by atoms with Gasteiger partial charge in [0.05, 0.1) is 0 Å². The van der Waals surface area contributed by atoms with Crippen molar-refractivity contribution < 1.29 is 0 Å². The monoisotopic (exact) mass is 138 g/mol. The van der Waals surface area contributed by atoms with Gasteiger partial charge in [-0.2, -0.15) is 0 Å². The maximum absolute atomic E-state index is 4.11. The third-order valence-electron chi connectivity index (χ3n) is 0.781. The fourth-order valence-electron chi connectivity index (χ4n) is 0.388. The second-order valence-corrected chi connectivity index (χ2v) is 2.12. The molecular formula is C8H14N2. The third-order valence-corrected chi connectivity index (χ3v) is 0.781. The summed E-state index contributed by atoms with van der Waals surface area (Å²) in [4.78, 5) is 4.11. The summed E-state index contributed by atoms with van der Waals surface area (Å²) < 4.78 is 0. The molecule has 0 bridgehead atoms. The summed E-state index contributed by atoms with van der Waals surface area (Å²) in [6.45, 7) is 7.55. The topological polar surface area (TPSA) is 24.4 Å². The van der Waals surface area contributed by atoms with Crippen molar-refractivity contribution in [2.45, 2.75) is 19.9 Å². The van der Waals surface area contributed by atoms with E-state index in [9.17, 15) is 0 Å². The zero-order chi connectivity index (χ0) is 7.82. The molecule has 0 amide bonds. The minimum absolute atomic E-state index is 0.369. The van der Waals surface area contributed by atoms with E-state index in [-0.39, 0.29) is 0 Å². The van der Waals surface area contributed by atoms with Crippen molar-refractivity contribution in [1.82, 2.24) is 5.32 Å². The van der Waals surface area contributed by atoms with E-state index >= 15 is 0 Å². The summed E-state index contributed by atoms with van der Waals surface area (Å²) in [7, 11) is 0. The van der Waals surface area contributed by atoms with Gasteiger partial charge < -0.3 is 5.32 Å². The first-order valence-corrected chi connectivity index (χ1v) is 3.32. The lowest BCUT2D eigenvalue weighted by atomic mass is 10.4. The van der Waals surface area contributed by atoms with Crippen molar-refractivity contribution in [3.63, 3.8) is 0 Å². The molecule has 0 unspecified atom stereocenters. The molecule has 0 aromatic rings. The largest absolute Gasteiger partial charge is 0.368 e. The van der Waals surface area contributed by atoms with Crippen LogP contribution in [0.25, 0.3) is 0 Å². The van der Waals surface area contributed by atoms with Crippen LogP contribution in [0.4, 0.5) is 0 Å². The Hall–Kier alpha value is -1.05. The van der Waals surface area contributed by atoms with Crippen LogP contribution in [0.3, 0.4) is 0 Å². The van der Waals surface area contributed by atoms with Gasteiger partial charge in [0.1, 0.15) is 0 Å². The summed E-state index contributed by atoms with van der Waals surface area (Å²) in [5.74, 6) is 0. The number of aliphatic imine (C=N–C) groups is 1. The SMILES string of the molecule is C=CNC=CC=NC(C)C. The number of nitrogens with one attached hydrogen (secondary N) is 1. The Kier molecular flexibility index (Phi) is 5.44. The highest BCUT2D eigenvalue weighted by atomic mass is 14.8. The Bertz CT molecular complexity index is 134. The summed E-state index contributed by atoms with van der Waals surface area (Å²) in [5, 5.41) is 2.81. The van der Waals surface area contributed by atoms with Crippen molar-refractivity contribution in [3.05, 3.63) is 25.1 Å². The van der Waals surface area contributed by atoms with E-state index in [0.717, 1.165) is 0 Å². The van der Waals surface area contributed by atoms with Gasteiger partial charge in [-0.15, -0.1) is 0 Å². The van der Waals surface area contributed by atoms with Gasteiger partial charge in [0.25, 0.3) is 0 Å². The van der Waals surface area contributed by atoms with E-state index in [1.165, 1.54) is 0 Å². The number of nitrogens with zero attached hydrogens (tertiary/aromatic N) is 1. The van der Waals surface area contributed by atoms with E-state index in [1.54, 1.807) is 18.6 Å². The minimum Gasteiger partial charge on any atom is -0.368 e. The van der Waals surface area contributed by atoms with Crippen LogP contribution in [0.2, 0.25) is 0 Å². The normalized spacial score (nSPS) is 11.5. The predicted octanol–water partition coefficient (Wildman–Crippen LogP) is 1.71. The molecule has 0 fully saturated rings. The average Bonchev–Trinajstić information content (AvgIpc) is 1.87. The van der Waals surface area contributed by atoms with E-state index < -0.39 is 0 Å². The second-order valence-electron chi connectivity index (χ2n) is 2.12. The van der Waals surface area contributed by atoms with Gasteiger partial charge in [-0.3, -0.25) is 4.99 Å². The molecule has 0 spiro atoms. The Morgan fingerprint density at radius 1 is 1.50 bits per heavy atom. The van der Waals surface area contributed by atoms with E-state index in [0.29, 0.717) is 6.04 Å². The molecule has 0 aliphatic heterocycles. The van der Waals surface area contributed by atoms with Crippen molar-refractivity contribution in [2.75, 3.05) is 0 Å². The van der Waals surface area contributed by atoms with Crippen molar-refractivity contribution >= 4 is 6.21 Å². The molecule has 0 aromatic carbocycles. The molecule has 10 heavy (non-hydrogen) atoms. The molecule has 0 aromatic heterocycles. The molecule has 0 aliphatic rings.